The van der Waals surface area contributed by atoms with Crippen molar-refractivity contribution in [2.75, 3.05) is 10.5 Å². The third kappa shape index (κ3) is 2.53. The third-order valence-electron chi connectivity index (χ3n) is 1.78. The van der Waals surface area contributed by atoms with E-state index in [4.69, 9.17) is 5.73 Å². The minimum Gasteiger partial charge on any atom is -0.383 e. The molecular weight excluding hydrogens is 312 g/mol. The summed E-state index contributed by atoms with van der Waals surface area (Å²) in [6.45, 7) is 0. The van der Waals surface area contributed by atoms with Crippen LogP contribution < -0.4 is 10.5 Å². The Morgan fingerprint density at radius 2 is 2.06 bits per heavy atom. The van der Waals surface area contributed by atoms with Gasteiger partial charge in [0.2, 0.25) is 0 Å². The van der Waals surface area contributed by atoms with Crippen molar-refractivity contribution in [2.24, 2.45) is 0 Å². The molecule has 0 bridgehead atoms. The molecule has 2 aromatic heterocycles. The lowest BCUT2D eigenvalue weighted by atomic mass is 10.7. The van der Waals surface area contributed by atoms with Crippen molar-refractivity contribution in [3.8, 4) is 0 Å². The van der Waals surface area contributed by atoms with Crippen LogP contribution >= 0.6 is 15.9 Å². The van der Waals surface area contributed by atoms with Gasteiger partial charge in [0.1, 0.15) is 15.3 Å². The Kier molecular flexibility index (Phi) is 2.98. The summed E-state index contributed by atoms with van der Waals surface area (Å²) in [6, 6.07) is 0. The average molecular weight is 319 g/mol. The first kappa shape index (κ1) is 11.8. The number of hydrogen-bond acceptors (Lipinski definition) is 6. The highest BCUT2D eigenvalue weighted by Gasteiger charge is 2.19. The van der Waals surface area contributed by atoms with Crippen LogP contribution in [0.3, 0.4) is 0 Å². The summed E-state index contributed by atoms with van der Waals surface area (Å²) < 4.78 is 26.4. The van der Waals surface area contributed by atoms with E-state index in [2.05, 4.69) is 40.8 Å². The van der Waals surface area contributed by atoms with Gasteiger partial charge in [-0.05, 0) is 15.9 Å². The van der Waals surface area contributed by atoms with E-state index in [0.717, 1.165) is 6.20 Å². The number of sulfonamides is 1. The second kappa shape index (κ2) is 4.30. The van der Waals surface area contributed by atoms with Gasteiger partial charge in [-0.25, -0.2) is 18.4 Å². The van der Waals surface area contributed by atoms with Gasteiger partial charge in [0.25, 0.3) is 10.0 Å². The first-order valence-corrected chi connectivity index (χ1v) is 6.56. The molecule has 0 atom stereocenters. The van der Waals surface area contributed by atoms with Crippen LogP contribution in [0.4, 0.5) is 11.6 Å². The molecule has 0 saturated carbocycles. The molecular formula is C7H7BrN6O2S. The lowest BCUT2D eigenvalue weighted by molar-refractivity contribution is 0.601. The average Bonchev–Trinajstić information content (AvgIpc) is 2.68. The number of hydrogen-bond donors (Lipinski definition) is 3. The van der Waals surface area contributed by atoms with E-state index in [1.54, 1.807) is 0 Å². The van der Waals surface area contributed by atoms with E-state index in [1.165, 1.54) is 12.4 Å². The first-order valence-electron chi connectivity index (χ1n) is 4.28. The molecule has 8 nitrogen and oxygen atoms in total. The Balaban J connectivity index is 2.30. The number of nitrogens with zero attached hydrogens (tertiary/aromatic N) is 3. The lowest BCUT2D eigenvalue weighted by Gasteiger charge is -2.05. The summed E-state index contributed by atoms with van der Waals surface area (Å²) in [7, 11) is -3.80. The summed E-state index contributed by atoms with van der Waals surface area (Å²) in [6.07, 6.45) is 3.76. The van der Waals surface area contributed by atoms with Crippen molar-refractivity contribution in [3.05, 3.63) is 23.2 Å². The molecule has 17 heavy (non-hydrogen) atoms. The number of anilines is 2. The van der Waals surface area contributed by atoms with Crippen LogP contribution in [0.2, 0.25) is 0 Å². The van der Waals surface area contributed by atoms with Gasteiger partial charge in [0.05, 0.1) is 18.6 Å². The molecule has 2 heterocycles. The Morgan fingerprint density at radius 3 is 2.59 bits per heavy atom. The number of H-pyrrole nitrogens is 1. The van der Waals surface area contributed by atoms with Crippen molar-refractivity contribution in [1.82, 2.24) is 20.2 Å². The molecule has 4 N–H and O–H groups in total. The summed E-state index contributed by atoms with van der Waals surface area (Å²) in [5, 5.41) is 5.87. The van der Waals surface area contributed by atoms with Crippen molar-refractivity contribution in [2.45, 2.75) is 4.90 Å². The van der Waals surface area contributed by atoms with Crippen LogP contribution in [0.25, 0.3) is 0 Å². The van der Waals surface area contributed by atoms with Gasteiger partial charge in [0.15, 0.2) is 5.82 Å². The molecule has 90 valence electrons. The maximum atomic E-state index is 11.8. The normalized spacial score (nSPS) is 11.4. The molecule has 0 fully saturated rings. The molecule has 0 aliphatic rings. The number of aromatic nitrogens is 4. The minimum atomic E-state index is -3.80. The molecule has 0 spiro atoms. The molecule has 0 saturated heterocycles. The van der Waals surface area contributed by atoms with Crippen LogP contribution in [0, 0.1) is 0 Å². The van der Waals surface area contributed by atoms with Crippen LogP contribution in [0.5, 0.6) is 0 Å². The van der Waals surface area contributed by atoms with E-state index in [1.807, 2.05) is 0 Å². The zero-order valence-corrected chi connectivity index (χ0v) is 10.7. The molecule has 10 heteroatoms. The topological polar surface area (TPSA) is 127 Å². The molecule has 0 amide bonds. The zero-order valence-electron chi connectivity index (χ0n) is 8.25. The highest BCUT2D eigenvalue weighted by molar-refractivity contribution is 9.10. The van der Waals surface area contributed by atoms with Gasteiger partial charge in [0, 0.05) is 0 Å². The third-order valence-corrected chi connectivity index (χ3v) is 3.57. The van der Waals surface area contributed by atoms with E-state index >= 15 is 0 Å². The highest BCUT2D eigenvalue weighted by Crippen LogP contribution is 2.17. The second-order valence-electron chi connectivity index (χ2n) is 2.98. The highest BCUT2D eigenvalue weighted by atomic mass is 79.9. The maximum Gasteiger partial charge on any atom is 0.268 e. The number of aromatic amines is 1. The Morgan fingerprint density at radius 1 is 1.29 bits per heavy atom. The van der Waals surface area contributed by atoms with Crippen molar-refractivity contribution < 1.29 is 8.42 Å². The second-order valence-corrected chi connectivity index (χ2v) is 5.44. The van der Waals surface area contributed by atoms with E-state index in [-0.39, 0.29) is 16.5 Å². The van der Waals surface area contributed by atoms with E-state index < -0.39 is 10.0 Å². The van der Waals surface area contributed by atoms with Crippen molar-refractivity contribution in [3.63, 3.8) is 0 Å². The quantitative estimate of drug-likeness (QED) is 0.749. The largest absolute Gasteiger partial charge is 0.383 e. The lowest BCUT2D eigenvalue weighted by Crippen LogP contribution is -2.14. The van der Waals surface area contributed by atoms with Crippen LogP contribution in [-0.2, 0) is 10.0 Å². The molecule has 0 aromatic carbocycles. The fourth-order valence-corrected chi connectivity index (χ4v) is 2.28. The molecule has 2 rings (SSSR count). The summed E-state index contributed by atoms with van der Waals surface area (Å²) >= 11 is 3.09. The van der Waals surface area contributed by atoms with E-state index in [9.17, 15) is 8.42 Å². The number of nitrogens with two attached hydrogens (primary N) is 1. The summed E-state index contributed by atoms with van der Waals surface area (Å²) in [4.78, 5) is 7.53. The van der Waals surface area contributed by atoms with Gasteiger partial charge in [-0.1, -0.05) is 0 Å². The van der Waals surface area contributed by atoms with Crippen molar-refractivity contribution >= 4 is 37.6 Å². The molecule has 0 radical (unpaired) electrons. The van der Waals surface area contributed by atoms with Crippen LogP contribution in [-0.4, -0.2) is 28.6 Å². The monoisotopic (exact) mass is 318 g/mol. The number of rotatable bonds is 3. The van der Waals surface area contributed by atoms with Gasteiger partial charge in [-0.2, -0.15) is 5.10 Å². The maximum absolute atomic E-state index is 11.8. The summed E-state index contributed by atoms with van der Waals surface area (Å²) in [5.74, 6) is 0.0522. The van der Waals surface area contributed by atoms with E-state index in [0.29, 0.717) is 4.60 Å². The number of nitrogen functional groups attached to an aromatic ring is 1. The smallest absolute Gasteiger partial charge is 0.268 e. The molecule has 0 aliphatic carbocycles. The van der Waals surface area contributed by atoms with Crippen molar-refractivity contribution in [1.29, 1.82) is 0 Å². The molecule has 0 aliphatic heterocycles. The van der Waals surface area contributed by atoms with Gasteiger partial charge in [-0.15, -0.1) is 0 Å². The van der Waals surface area contributed by atoms with Crippen LogP contribution in [0.1, 0.15) is 0 Å². The van der Waals surface area contributed by atoms with Gasteiger partial charge < -0.3 is 5.73 Å². The van der Waals surface area contributed by atoms with Gasteiger partial charge in [-0.3, -0.25) is 9.82 Å². The fourth-order valence-electron chi connectivity index (χ4n) is 1.06. The first-order chi connectivity index (χ1) is 7.99. The SMILES string of the molecule is Nc1[nH]ncc1S(=O)(=O)Nc1cnc(Br)cn1. The summed E-state index contributed by atoms with van der Waals surface area (Å²) in [5.41, 5.74) is 5.42. The zero-order chi connectivity index (χ0) is 12.5. The number of halogens is 1. The Hall–Kier alpha value is -1.68. The molecule has 0 unspecified atom stereocenters. The predicted molar refractivity (Wildman–Crippen MR) is 63.5 cm³/mol. The minimum absolute atomic E-state index is 0.0393. The number of nitrogens with one attached hydrogen (secondary N) is 2. The molecule has 2 aromatic rings. The fraction of sp³-hybridized carbons (Fsp3) is 0. The Bertz CT molecular complexity index is 622. The van der Waals surface area contributed by atoms with Crippen LogP contribution in [0.15, 0.2) is 28.1 Å². The van der Waals surface area contributed by atoms with Gasteiger partial charge >= 0.3 is 0 Å². The Labute approximate surface area is 105 Å². The standard InChI is InChI=1S/C7H7BrN6O2S/c8-5-2-11-6(3-10-5)14-17(15,16)4-1-12-13-7(4)9/h1-3H,(H,11,14)(H3,9,12,13). The predicted octanol–water partition coefficient (Wildman–Crippen LogP) is 0.345.